The van der Waals surface area contributed by atoms with Crippen molar-refractivity contribution in [3.63, 3.8) is 0 Å². The van der Waals surface area contributed by atoms with Crippen molar-refractivity contribution < 1.29 is 28.5 Å². The minimum absolute atomic E-state index is 0.148. The molecule has 6 aromatic rings. The fourth-order valence-electron chi connectivity index (χ4n) is 6.71. The average molecular weight is 766 g/mol. The normalized spacial score (nSPS) is 13.7. The standard InChI is InChI=1S/C44H42Cl2N2O6/c1-47(2)43(33-19-23-35(45)24-20-33,27-29-51-39-17-9-13-31-11-5-7-15-37(31)39)53-41(49)42(50)54-44(48(3)4,34-21-25-36(46)26-22-34)28-30-52-40-18-10-14-32-12-6-8-16-38(32)40/h5-26H,27-30H2,1-4H3. The van der Waals surface area contributed by atoms with E-state index in [1.165, 1.54) is 0 Å². The van der Waals surface area contributed by atoms with E-state index in [2.05, 4.69) is 0 Å². The summed E-state index contributed by atoms with van der Waals surface area (Å²) in [6, 6.07) is 41.4. The molecule has 0 spiro atoms. The van der Waals surface area contributed by atoms with Crippen LogP contribution in [-0.4, -0.2) is 63.1 Å². The van der Waals surface area contributed by atoms with Crippen molar-refractivity contribution in [3.8, 4) is 11.5 Å². The third kappa shape index (κ3) is 8.32. The summed E-state index contributed by atoms with van der Waals surface area (Å²) in [7, 11) is 7.09. The van der Waals surface area contributed by atoms with Crippen molar-refractivity contribution in [2.45, 2.75) is 24.3 Å². The highest BCUT2D eigenvalue weighted by molar-refractivity contribution is 6.31. The van der Waals surface area contributed by atoms with Gasteiger partial charge in [-0.25, -0.2) is 9.59 Å². The van der Waals surface area contributed by atoms with Gasteiger partial charge in [-0.1, -0.05) is 120 Å². The quantitative estimate of drug-likeness (QED) is 0.0617. The van der Waals surface area contributed by atoms with Gasteiger partial charge >= 0.3 is 11.9 Å². The van der Waals surface area contributed by atoms with Crippen LogP contribution in [0.4, 0.5) is 0 Å². The van der Waals surface area contributed by atoms with Crippen LogP contribution in [0.3, 0.4) is 0 Å². The van der Waals surface area contributed by atoms with Crippen LogP contribution in [0.5, 0.6) is 11.5 Å². The second-order valence-electron chi connectivity index (χ2n) is 13.3. The molecule has 0 saturated heterocycles. The van der Waals surface area contributed by atoms with Gasteiger partial charge in [-0.15, -0.1) is 0 Å². The molecule has 10 heteroatoms. The van der Waals surface area contributed by atoms with E-state index < -0.39 is 23.4 Å². The molecule has 6 rings (SSSR count). The third-order valence-electron chi connectivity index (χ3n) is 9.62. The van der Waals surface area contributed by atoms with Gasteiger partial charge in [0.25, 0.3) is 0 Å². The molecule has 0 fully saturated rings. The van der Waals surface area contributed by atoms with Crippen LogP contribution in [0.15, 0.2) is 133 Å². The molecular formula is C44H42Cl2N2O6. The van der Waals surface area contributed by atoms with Crippen molar-refractivity contribution in [2.24, 2.45) is 0 Å². The van der Waals surface area contributed by atoms with Crippen LogP contribution in [0.1, 0.15) is 24.0 Å². The molecule has 8 nitrogen and oxygen atoms in total. The summed E-state index contributed by atoms with van der Waals surface area (Å²) in [5.74, 6) is -0.989. The van der Waals surface area contributed by atoms with Gasteiger partial charge in [0, 0.05) is 44.8 Å². The zero-order valence-electron chi connectivity index (χ0n) is 30.6. The Kier molecular flexibility index (Phi) is 12.1. The Hall–Kier alpha value is -5.12. The third-order valence-corrected chi connectivity index (χ3v) is 10.1. The Morgan fingerprint density at radius 3 is 1.22 bits per heavy atom. The molecule has 0 aliphatic rings. The van der Waals surface area contributed by atoms with Crippen LogP contribution in [0, 0.1) is 0 Å². The maximum absolute atomic E-state index is 14.1. The Balaban J connectivity index is 1.28. The number of carbonyl (C=O) groups is 2. The van der Waals surface area contributed by atoms with E-state index in [1.807, 2.05) is 84.9 Å². The van der Waals surface area contributed by atoms with Crippen LogP contribution in [0.25, 0.3) is 21.5 Å². The van der Waals surface area contributed by atoms with Crippen LogP contribution < -0.4 is 9.47 Å². The number of halogens is 2. The molecule has 54 heavy (non-hydrogen) atoms. The van der Waals surface area contributed by atoms with Crippen LogP contribution >= 0.6 is 23.2 Å². The van der Waals surface area contributed by atoms with E-state index in [9.17, 15) is 9.59 Å². The van der Waals surface area contributed by atoms with E-state index >= 15 is 0 Å². The SMILES string of the molecule is CN(C)C(CCOc1cccc2ccccc12)(OC(=O)C(=O)OC(CCOc1cccc2ccccc12)(c1ccc(Cl)cc1)N(C)C)c1ccc(Cl)cc1. The van der Waals surface area contributed by atoms with Crippen LogP contribution in [-0.2, 0) is 30.5 Å². The minimum Gasteiger partial charge on any atom is -0.493 e. The summed E-state index contributed by atoms with van der Waals surface area (Å²) in [5.41, 5.74) is -1.69. The summed E-state index contributed by atoms with van der Waals surface area (Å²) < 4.78 is 25.1. The zero-order chi connectivity index (χ0) is 38.3. The summed E-state index contributed by atoms with van der Waals surface area (Å²) in [6.07, 6.45) is 0.331. The fraction of sp³-hybridized carbons (Fsp3) is 0.227. The van der Waals surface area contributed by atoms with E-state index in [0.29, 0.717) is 32.7 Å². The van der Waals surface area contributed by atoms with Gasteiger partial charge in [-0.3, -0.25) is 9.80 Å². The van der Waals surface area contributed by atoms with E-state index in [-0.39, 0.29) is 26.1 Å². The Morgan fingerprint density at radius 1 is 0.500 bits per heavy atom. The number of fused-ring (bicyclic) bond motifs is 2. The highest BCUT2D eigenvalue weighted by Gasteiger charge is 2.45. The van der Waals surface area contributed by atoms with Crippen molar-refractivity contribution in [1.29, 1.82) is 0 Å². The molecule has 0 aliphatic carbocycles. The summed E-state index contributed by atoms with van der Waals surface area (Å²) in [6.45, 7) is 0.296. The van der Waals surface area contributed by atoms with Crippen molar-refractivity contribution in [1.82, 2.24) is 9.80 Å². The Morgan fingerprint density at radius 2 is 0.852 bits per heavy atom. The molecule has 0 N–H and O–H groups in total. The van der Waals surface area contributed by atoms with Gasteiger partial charge in [0.05, 0.1) is 13.2 Å². The number of nitrogens with zero attached hydrogens (tertiary/aromatic N) is 2. The predicted octanol–water partition coefficient (Wildman–Crippen LogP) is 9.45. The summed E-state index contributed by atoms with van der Waals surface area (Å²) in [4.78, 5) is 31.6. The highest BCUT2D eigenvalue weighted by atomic mass is 35.5. The lowest BCUT2D eigenvalue weighted by atomic mass is 9.97. The van der Waals surface area contributed by atoms with Gasteiger partial charge in [0.1, 0.15) is 11.5 Å². The van der Waals surface area contributed by atoms with Gasteiger partial charge in [-0.05, 0) is 75.4 Å². The zero-order valence-corrected chi connectivity index (χ0v) is 32.1. The monoisotopic (exact) mass is 764 g/mol. The molecule has 2 unspecified atom stereocenters. The maximum atomic E-state index is 14.1. The van der Waals surface area contributed by atoms with Crippen molar-refractivity contribution in [3.05, 3.63) is 155 Å². The number of carbonyl (C=O) groups excluding carboxylic acids is 2. The molecule has 0 bridgehead atoms. The lowest BCUT2D eigenvalue weighted by molar-refractivity contribution is -0.212. The highest BCUT2D eigenvalue weighted by Crippen LogP contribution is 2.37. The van der Waals surface area contributed by atoms with Gasteiger partial charge in [0.15, 0.2) is 11.4 Å². The molecular weight excluding hydrogens is 723 g/mol. The Labute approximate surface area is 325 Å². The molecule has 0 aliphatic heterocycles. The number of rotatable bonds is 14. The van der Waals surface area contributed by atoms with Gasteiger partial charge in [-0.2, -0.15) is 0 Å². The first-order chi connectivity index (χ1) is 26.0. The minimum atomic E-state index is -1.44. The molecule has 278 valence electrons. The average Bonchev–Trinajstić information content (AvgIpc) is 3.17. The van der Waals surface area contributed by atoms with Gasteiger partial charge in [0.2, 0.25) is 0 Å². The predicted molar refractivity (Wildman–Crippen MR) is 214 cm³/mol. The number of ether oxygens (including phenoxy) is 4. The topological polar surface area (TPSA) is 77.5 Å². The number of benzene rings is 6. The number of esters is 2. The second kappa shape index (κ2) is 16.9. The smallest absolute Gasteiger partial charge is 0.419 e. The Bertz CT molecular complexity index is 2060. The first-order valence-electron chi connectivity index (χ1n) is 17.6. The molecule has 0 aromatic heterocycles. The van der Waals surface area contributed by atoms with Gasteiger partial charge < -0.3 is 18.9 Å². The van der Waals surface area contributed by atoms with Crippen molar-refractivity contribution in [2.75, 3.05) is 41.4 Å². The van der Waals surface area contributed by atoms with E-state index in [1.54, 1.807) is 86.5 Å². The van der Waals surface area contributed by atoms with Crippen LogP contribution in [0.2, 0.25) is 10.0 Å². The molecule has 0 radical (unpaired) electrons. The molecule has 0 saturated carbocycles. The largest absolute Gasteiger partial charge is 0.493 e. The molecule has 0 heterocycles. The summed E-state index contributed by atoms with van der Waals surface area (Å²) in [5, 5.41) is 4.99. The molecule has 2 atom stereocenters. The first-order valence-corrected chi connectivity index (χ1v) is 18.3. The lowest BCUT2D eigenvalue weighted by Crippen LogP contribution is -2.51. The number of hydrogen-bond donors (Lipinski definition) is 0. The second-order valence-corrected chi connectivity index (χ2v) is 14.2. The van der Waals surface area contributed by atoms with Crippen molar-refractivity contribution >= 4 is 56.7 Å². The molecule has 6 aromatic carbocycles. The lowest BCUT2D eigenvalue weighted by Gasteiger charge is -2.41. The number of hydrogen-bond acceptors (Lipinski definition) is 8. The first kappa shape index (κ1) is 38.6. The van der Waals surface area contributed by atoms with E-state index in [0.717, 1.165) is 21.5 Å². The van der Waals surface area contributed by atoms with E-state index in [4.69, 9.17) is 42.1 Å². The maximum Gasteiger partial charge on any atom is 0.419 e. The fourth-order valence-corrected chi connectivity index (χ4v) is 6.96. The molecule has 0 amide bonds. The summed E-state index contributed by atoms with van der Waals surface area (Å²) >= 11 is 12.5.